The molecule has 0 saturated heterocycles. The Bertz CT molecular complexity index is 1890. The number of rotatable bonds is 1. The van der Waals surface area contributed by atoms with Gasteiger partial charge in [-0.2, -0.15) is 0 Å². The average Bonchev–Trinajstić information content (AvgIpc) is 3.27. The molecule has 6 aromatic rings. The number of para-hydroxylation sites is 4. The van der Waals surface area contributed by atoms with E-state index in [1.54, 1.807) is 0 Å². The van der Waals surface area contributed by atoms with E-state index in [2.05, 4.69) is 146 Å². The monoisotopic (exact) mass is 506 g/mol. The van der Waals surface area contributed by atoms with Crippen molar-refractivity contribution in [3.63, 3.8) is 0 Å². The Morgan fingerprint density at radius 1 is 0.579 bits per heavy atom. The van der Waals surface area contributed by atoms with Gasteiger partial charge in [0.2, 0.25) is 0 Å². The summed E-state index contributed by atoms with van der Waals surface area (Å²) in [6, 6.07) is 40.9. The fourth-order valence-corrected chi connectivity index (χ4v) is 10.2. The van der Waals surface area contributed by atoms with Gasteiger partial charge < -0.3 is 9.47 Å². The summed E-state index contributed by atoms with van der Waals surface area (Å²) in [5.41, 5.74) is 10.5. The highest BCUT2D eigenvalue weighted by Crippen LogP contribution is 2.48. The van der Waals surface area contributed by atoms with E-state index >= 15 is 0 Å². The lowest BCUT2D eigenvalue weighted by atomic mass is 9.75. The van der Waals surface area contributed by atoms with Crippen molar-refractivity contribution in [2.45, 2.75) is 32.4 Å². The molecule has 0 bridgehead atoms. The summed E-state index contributed by atoms with van der Waals surface area (Å²) in [6.07, 6.45) is 0. The Hall–Kier alpha value is -4.08. The molecular formula is C35H30N2Si. The van der Waals surface area contributed by atoms with E-state index in [9.17, 15) is 0 Å². The third kappa shape index (κ3) is 2.62. The molecule has 1 aromatic heterocycles. The maximum absolute atomic E-state index is 2.50. The first-order chi connectivity index (χ1) is 18.4. The normalized spacial score (nSPS) is 16.3. The molecule has 3 heterocycles. The van der Waals surface area contributed by atoms with Crippen LogP contribution in [-0.2, 0) is 5.41 Å². The molecule has 0 unspecified atom stereocenters. The van der Waals surface area contributed by atoms with Crippen LogP contribution in [0.5, 0.6) is 0 Å². The van der Waals surface area contributed by atoms with Gasteiger partial charge in [-0.15, -0.1) is 0 Å². The van der Waals surface area contributed by atoms with E-state index in [1.165, 1.54) is 66.1 Å². The van der Waals surface area contributed by atoms with E-state index in [1.807, 2.05) is 0 Å². The van der Waals surface area contributed by atoms with Gasteiger partial charge in [0.1, 0.15) is 8.07 Å². The summed E-state index contributed by atoms with van der Waals surface area (Å²) in [6.45, 7) is 9.69. The Balaban J connectivity index is 1.45. The van der Waals surface area contributed by atoms with Gasteiger partial charge in [-0.3, -0.25) is 0 Å². The largest absolute Gasteiger partial charge is 0.311 e. The van der Waals surface area contributed by atoms with Crippen LogP contribution < -0.4 is 15.3 Å². The molecule has 0 spiro atoms. The summed E-state index contributed by atoms with van der Waals surface area (Å²) in [7, 11) is -1.81. The number of hydrogen-bond donors (Lipinski definition) is 0. The first-order valence-electron chi connectivity index (χ1n) is 13.6. The summed E-state index contributed by atoms with van der Waals surface area (Å²) in [5, 5.41) is 5.63. The highest BCUT2D eigenvalue weighted by molar-refractivity contribution is 7.02. The fraction of sp³-hybridized carbons (Fsp3) is 0.143. The number of benzene rings is 5. The molecule has 2 nitrogen and oxygen atoms in total. The van der Waals surface area contributed by atoms with Crippen molar-refractivity contribution in [1.82, 2.24) is 4.57 Å². The molecule has 0 N–H and O–H groups in total. The molecular weight excluding hydrogens is 476 g/mol. The van der Waals surface area contributed by atoms with E-state index in [4.69, 9.17) is 0 Å². The van der Waals surface area contributed by atoms with Crippen LogP contribution in [0.1, 0.15) is 25.0 Å². The van der Waals surface area contributed by atoms with Crippen LogP contribution in [0.15, 0.2) is 109 Å². The second-order valence-corrected chi connectivity index (χ2v) is 16.2. The van der Waals surface area contributed by atoms with E-state index in [0.717, 1.165) is 0 Å². The predicted octanol–water partition coefficient (Wildman–Crippen LogP) is 8.03. The Kier molecular flexibility index (Phi) is 4.20. The van der Waals surface area contributed by atoms with Crippen molar-refractivity contribution < 1.29 is 0 Å². The van der Waals surface area contributed by atoms with Gasteiger partial charge in [0.15, 0.2) is 0 Å². The van der Waals surface area contributed by atoms with Gasteiger partial charge >= 0.3 is 0 Å². The number of aromatic nitrogens is 1. The maximum atomic E-state index is 2.50. The van der Waals surface area contributed by atoms with E-state index in [-0.39, 0.29) is 5.41 Å². The second-order valence-electron chi connectivity index (χ2n) is 11.9. The number of hydrogen-bond acceptors (Lipinski definition) is 1. The van der Waals surface area contributed by atoms with Gasteiger partial charge in [0.05, 0.1) is 16.7 Å². The van der Waals surface area contributed by atoms with Gasteiger partial charge in [-0.25, -0.2) is 0 Å². The molecule has 38 heavy (non-hydrogen) atoms. The van der Waals surface area contributed by atoms with E-state index < -0.39 is 8.07 Å². The molecule has 5 aromatic carbocycles. The molecule has 0 atom stereocenters. The van der Waals surface area contributed by atoms with Crippen molar-refractivity contribution in [3.05, 3.63) is 120 Å². The van der Waals surface area contributed by atoms with Gasteiger partial charge in [-0.05, 0) is 57.9 Å². The molecule has 0 aliphatic carbocycles. The van der Waals surface area contributed by atoms with Crippen LogP contribution >= 0.6 is 0 Å². The van der Waals surface area contributed by atoms with Crippen LogP contribution in [0, 0.1) is 0 Å². The third-order valence-corrected chi connectivity index (χ3v) is 12.7. The van der Waals surface area contributed by atoms with Crippen LogP contribution in [0.4, 0.5) is 17.1 Å². The Morgan fingerprint density at radius 3 is 1.89 bits per heavy atom. The molecule has 0 amide bonds. The minimum Gasteiger partial charge on any atom is -0.311 e. The lowest BCUT2D eigenvalue weighted by molar-refractivity contribution is 0.630. The van der Waals surface area contributed by atoms with Crippen LogP contribution in [0.25, 0.3) is 27.5 Å². The molecule has 3 heteroatoms. The zero-order valence-electron chi connectivity index (χ0n) is 22.3. The maximum Gasteiger partial charge on any atom is 0.117 e. The number of fused-ring (bicyclic) bond motifs is 7. The van der Waals surface area contributed by atoms with Crippen molar-refractivity contribution in [2.75, 3.05) is 4.90 Å². The zero-order chi connectivity index (χ0) is 25.8. The number of nitrogens with zero attached hydrogens (tertiary/aromatic N) is 2. The smallest absolute Gasteiger partial charge is 0.117 e. The molecule has 0 radical (unpaired) electrons. The fourth-order valence-electron chi connectivity index (χ4n) is 7.24. The van der Waals surface area contributed by atoms with Crippen LogP contribution in [-0.4, -0.2) is 12.6 Å². The minimum atomic E-state index is -1.81. The van der Waals surface area contributed by atoms with Crippen molar-refractivity contribution in [2.24, 2.45) is 0 Å². The van der Waals surface area contributed by atoms with Crippen LogP contribution in [0.3, 0.4) is 0 Å². The highest BCUT2D eigenvalue weighted by Gasteiger charge is 2.39. The predicted molar refractivity (Wildman–Crippen MR) is 164 cm³/mol. The van der Waals surface area contributed by atoms with Gasteiger partial charge in [-0.1, -0.05) is 99.7 Å². The SMILES string of the molecule is CC1(C)c2ccccc2-n2c3ccc(N4c5ccccc5[Si](C)(C)c5ccccc54)cc3c3cccc1c32. The molecule has 184 valence electrons. The average molecular weight is 507 g/mol. The first-order valence-corrected chi connectivity index (χ1v) is 16.6. The Morgan fingerprint density at radius 2 is 1.18 bits per heavy atom. The molecule has 2 aliphatic heterocycles. The molecule has 2 aliphatic rings. The quantitative estimate of drug-likeness (QED) is 0.205. The van der Waals surface area contributed by atoms with Crippen molar-refractivity contribution in [3.8, 4) is 5.69 Å². The highest BCUT2D eigenvalue weighted by atomic mass is 28.3. The van der Waals surface area contributed by atoms with Gasteiger partial charge in [0, 0.05) is 33.2 Å². The van der Waals surface area contributed by atoms with Gasteiger partial charge in [0.25, 0.3) is 0 Å². The molecule has 0 fully saturated rings. The summed E-state index contributed by atoms with van der Waals surface area (Å²) >= 11 is 0. The summed E-state index contributed by atoms with van der Waals surface area (Å²) < 4.78 is 2.50. The summed E-state index contributed by atoms with van der Waals surface area (Å²) in [5.74, 6) is 0. The molecule has 0 saturated carbocycles. The number of anilines is 3. The standard InChI is InChI=1S/C35H30N2Si/c1-35(2)26-13-5-6-15-29(26)37-28-21-20-23(22-25(28)24-12-11-14-27(35)34(24)37)36-30-16-7-9-18-32(30)38(3,4)33-19-10-8-17-31(33)36/h5-22H,1-4H3. The Labute approximate surface area is 224 Å². The zero-order valence-corrected chi connectivity index (χ0v) is 23.3. The second kappa shape index (κ2) is 7.27. The van der Waals surface area contributed by atoms with Crippen LogP contribution in [0.2, 0.25) is 13.1 Å². The third-order valence-electron chi connectivity index (χ3n) is 9.16. The topological polar surface area (TPSA) is 8.17 Å². The lowest BCUT2D eigenvalue weighted by Gasteiger charge is -2.41. The lowest BCUT2D eigenvalue weighted by Crippen LogP contribution is -2.58. The summed E-state index contributed by atoms with van der Waals surface area (Å²) in [4.78, 5) is 2.49. The molecule has 8 rings (SSSR count). The van der Waals surface area contributed by atoms with Crippen molar-refractivity contribution >= 4 is 57.3 Å². The minimum absolute atomic E-state index is 0.0513. The van der Waals surface area contributed by atoms with Crippen molar-refractivity contribution in [1.29, 1.82) is 0 Å². The first kappa shape index (κ1) is 22.0. The van der Waals surface area contributed by atoms with E-state index in [0.29, 0.717) is 0 Å².